The summed E-state index contributed by atoms with van der Waals surface area (Å²) >= 11 is 0. The summed E-state index contributed by atoms with van der Waals surface area (Å²) in [5.74, 6) is -1.22. The average molecular weight is 437 g/mol. The van der Waals surface area contributed by atoms with Gasteiger partial charge in [-0.15, -0.1) is 0 Å². The van der Waals surface area contributed by atoms with Crippen LogP contribution in [0.15, 0.2) is 61.2 Å². The van der Waals surface area contributed by atoms with Crippen molar-refractivity contribution in [3.05, 3.63) is 89.1 Å². The highest BCUT2D eigenvalue weighted by molar-refractivity contribution is 5.95. The second-order valence-electron chi connectivity index (χ2n) is 6.81. The maximum absolute atomic E-state index is 13.4. The van der Waals surface area contributed by atoms with Gasteiger partial charge in [-0.25, -0.2) is 9.50 Å². The van der Waals surface area contributed by atoms with Crippen molar-refractivity contribution in [2.45, 2.75) is 12.2 Å². The van der Waals surface area contributed by atoms with E-state index in [4.69, 9.17) is 11.0 Å². The maximum atomic E-state index is 13.4. The lowest BCUT2D eigenvalue weighted by molar-refractivity contribution is -0.137. The van der Waals surface area contributed by atoms with Gasteiger partial charge < -0.3 is 11.1 Å². The molecule has 3 N–H and O–H groups in total. The first kappa shape index (κ1) is 20.8. The number of aromatic nitrogens is 4. The zero-order valence-electron chi connectivity index (χ0n) is 16.2. The second-order valence-corrected chi connectivity index (χ2v) is 6.81. The number of rotatable bonds is 4. The van der Waals surface area contributed by atoms with Crippen LogP contribution in [-0.4, -0.2) is 25.5 Å². The number of nitrogens with zero attached hydrogens (tertiary/aromatic N) is 5. The molecule has 160 valence electrons. The third kappa shape index (κ3) is 4.06. The van der Waals surface area contributed by atoms with E-state index in [2.05, 4.69) is 20.4 Å². The van der Waals surface area contributed by atoms with Gasteiger partial charge in [0, 0.05) is 30.4 Å². The zero-order chi connectivity index (χ0) is 22.9. The maximum Gasteiger partial charge on any atom is 0.419 e. The van der Waals surface area contributed by atoms with Gasteiger partial charge in [-0.2, -0.15) is 23.5 Å². The molecular formula is C21H14F3N7O. The van der Waals surface area contributed by atoms with E-state index in [-0.39, 0.29) is 22.4 Å². The van der Waals surface area contributed by atoms with Gasteiger partial charge in [-0.1, -0.05) is 0 Å². The number of nitrogen functional groups attached to an aromatic ring is 1. The van der Waals surface area contributed by atoms with Crippen LogP contribution in [0.2, 0.25) is 0 Å². The van der Waals surface area contributed by atoms with Gasteiger partial charge in [0.05, 0.1) is 28.4 Å². The Morgan fingerprint density at radius 1 is 1.16 bits per heavy atom. The molecule has 0 aliphatic carbocycles. The molecule has 1 atom stereocenters. The highest BCUT2D eigenvalue weighted by atomic mass is 19.4. The molecule has 0 aromatic carbocycles. The summed E-state index contributed by atoms with van der Waals surface area (Å²) in [6.45, 7) is 0. The molecule has 4 heterocycles. The molecule has 0 spiro atoms. The molecular weight excluding hydrogens is 423 g/mol. The zero-order valence-corrected chi connectivity index (χ0v) is 16.2. The Kier molecular flexibility index (Phi) is 5.19. The molecule has 0 radical (unpaired) electrons. The Morgan fingerprint density at radius 2 is 1.97 bits per heavy atom. The average Bonchev–Trinajstić information content (AvgIpc) is 3.25. The van der Waals surface area contributed by atoms with E-state index in [1.807, 2.05) is 6.07 Å². The Morgan fingerprint density at radius 3 is 2.66 bits per heavy atom. The van der Waals surface area contributed by atoms with E-state index < -0.39 is 29.5 Å². The van der Waals surface area contributed by atoms with Crippen LogP contribution < -0.4 is 11.1 Å². The van der Waals surface area contributed by atoms with Gasteiger partial charge in [0.2, 0.25) is 0 Å². The SMILES string of the molecule is N#Cc1ccc(C(NC(=O)c2ccn3nccc3c2)c2cnc(N)c(C(F)(F)F)c2)nc1. The molecule has 4 rings (SSSR count). The summed E-state index contributed by atoms with van der Waals surface area (Å²) in [5.41, 5.74) is 5.74. The Bertz CT molecular complexity index is 1340. The van der Waals surface area contributed by atoms with Crippen LogP contribution in [0.4, 0.5) is 19.0 Å². The van der Waals surface area contributed by atoms with Gasteiger partial charge in [0.15, 0.2) is 0 Å². The number of amides is 1. The standard InChI is InChI=1S/C21H14F3N7O/c22-21(23,24)16-8-14(11-28-19(16)26)18(17-2-1-12(9-25)10-27-17)30-20(32)13-4-6-31-15(7-13)3-5-29-31/h1-8,10-11,18H,(H2,26,28)(H,30,32). The minimum atomic E-state index is -4.73. The quantitative estimate of drug-likeness (QED) is 0.506. The van der Waals surface area contributed by atoms with E-state index >= 15 is 0 Å². The summed E-state index contributed by atoms with van der Waals surface area (Å²) in [4.78, 5) is 20.7. The van der Waals surface area contributed by atoms with Gasteiger partial charge in [0.25, 0.3) is 5.91 Å². The molecule has 0 saturated carbocycles. The van der Waals surface area contributed by atoms with Crippen LogP contribution in [0.1, 0.15) is 38.8 Å². The number of alkyl halides is 3. The van der Waals surface area contributed by atoms with Crippen LogP contribution in [0.25, 0.3) is 5.52 Å². The minimum absolute atomic E-state index is 0.0301. The number of anilines is 1. The third-order valence-electron chi connectivity index (χ3n) is 4.73. The lowest BCUT2D eigenvalue weighted by Gasteiger charge is -2.20. The van der Waals surface area contributed by atoms with Crippen LogP contribution in [-0.2, 0) is 6.18 Å². The van der Waals surface area contributed by atoms with Gasteiger partial charge in [-0.05, 0) is 42.0 Å². The fourth-order valence-corrected chi connectivity index (χ4v) is 3.12. The Hall–Kier alpha value is -4.46. The second kappa shape index (κ2) is 7.99. The van der Waals surface area contributed by atoms with Crippen molar-refractivity contribution < 1.29 is 18.0 Å². The minimum Gasteiger partial charge on any atom is -0.383 e. The third-order valence-corrected chi connectivity index (χ3v) is 4.73. The first-order valence-electron chi connectivity index (χ1n) is 9.19. The number of nitriles is 1. The van der Waals surface area contributed by atoms with E-state index in [0.29, 0.717) is 5.52 Å². The van der Waals surface area contributed by atoms with Crippen molar-refractivity contribution in [1.82, 2.24) is 24.9 Å². The summed E-state index contributed by atoms with van der Waals surface area (Å²) in [7, 11) is 0. The van der Waals surface area contributed by atoms with Crippen molar-refractivity contribution in [3.8, 4) is 6.07 Å². The monoisotopic (exact) mass is 437 g/mol. The number of hydrogen-bond donors (Lipinski definition) is 2. The molecule has 4 aromatic heterocycles. The Labute approximate surface area is 179 Å². The van der Waals surface area contributed by atoms with Gasteiger partial charge >= 0.3 is 6.18 Å². The molecule has 0 bridgehead atoms. The molecule has 0 saturated heterocycles. The summed E-state index contributed by atoms with van der Waals surface area (Å²) < 4.78 is 41.7. The van der Waals surface area contributed by atoms with Gasteiger partial charge in [0.1, 0.15) is 11.9 Å². The number of nitrogens with two attached hydrogens (primary N) is 1. The van der Waals surface area contributed by atoms with E-state index in [0.717, 1.165) is 12.3 Å². The molecule has 1 amide bonds. The first-order chi connectivity index (χ1) is 15.3. The predicted molar refractivity (Wildman–Crippen MR) is 107 cm³/mol. The molecule has 11 heteroatoms. The van der Waals surface area contributed by atoms with Crippen LogP contribution >= 0.6 is 0 Å². The summed E-state index contributed by atoms with van der Waals surface area (Å²) in [5, 5.41) is 15.7. The fourth-order valence-electron chi connectivity index (χ4n) is 3.12. The molecule has 0 aliphatic rings. The fraction of sp³-hybridized carbons (Fsp3) is 0.0952. The lowest BCUT2D eigenvalue weighted by atomic mass is 10.0. The molecule has 0 fully saturated rings. The largest absolute Gasteiger partial charge is 0.419 e. The predicted octanol–water partition coefficient (Wildman–Crippen LogP) is 3.12. The van der Waals surface area contributed by atoms with Crippen LogP contribution in [0.5, 0.6) is 0 Å². The number of nitrogens with one attached hydrogen (secondary N) is 1. The molecule has 8 nitrogen and oxygen atoms in total. The van der Waals surface area contributed by atoms with Crippen molar-refractivity contribution in [1.29, 1.82) is 5.26 Å². The number of halogens is 3. The first-order valence-corrected chi connectivity index (χ1v) is 9.19. The highest BCUT2D eigenvalue weighted by Gasteiger charge is 2.35. The molecule has 4 aromatic rings. The van der Waals surface area contributed by atoms with Crippen molar-refractivity contribution in [2.24, 2.45) is 0 Å². The number of carbonyl (C=O) groups is 1. The Balaban J connectivity index is 1.75. The summed E-state index contributed by atoms with van der Waals surface area (Å²) in [6.07, 6.45) is 0.843. The number of hydrogen-bond acceptors (Lipinski definition) is 6. The van der Waals surface area contributed by atoms with Crippen molar-refractivity contribution in [2.75, 3.05) is 5.73 Å². The highest BCUT2D eigenvalue weighted by Crippen LogP contribution is 2.34. The molecule has 0 aliphatic heterocycles. The number of carbonyl (C=O) groups excluding carboxylic acids is 1. The summed E-state index contributed by atoms with van der Waals surface area (Å²) in [6, 6.07) is 9.39. The smallest absolute Gasteiger partial charge is 0.383 e. The van der Waals surface area contributed by atoms with E-state index in [1.54, 1.807) is 29.0 Å². The van der Waals surface area contributed by atoms with Crippen molar-refractivity contribution in [3.63, 3.8) is 0 Å². The van der Waals surface area contributed by atoms with Crippen LogP contribution in [0, 0.1) is 11.3 Å². The van der Waals surface area contributed by atoms with Crippen molar-refractivity contribution >= 4 is 17.2 Å². The van der Waals surface area contributed by atoms with E-state index in [9.17, 15) is 18.0 Å². The lowest BCUT2D eigenvalue weighted by Crippen LogP contribution is -2.30. The van der Waals surface area contributed by atoms with E-state index in [1.165, 1.54) is 24.4 Å². The molecule has 1 unspecified atom stereocenters. The van der Waals surface area contributed by atoms with Crippen LogP contribution in [0.3, 0.4) is 0 Å². The normalized spacial score (nSPS) is 12.3. The number of fused-ring (bicyclic) bond motifs is 1. The number of pyridine rings is 3. The topological polar surface area (TPSA) is 122 Å². The van der Waals surface area contributed by atoms with Gasteiger partial charge in [-0.3, -0.25) is 9.78 Å². The molecule has 32 heavy (non-hydrogen) atoms.